The fraction of sp³-hybridized carbons (Fsp3) is 0. The second-order valence-electron chi connectivity index (χ2n) is 3.49. The fourth-order valence-electron chi connectivity index (χ4n) is 1.24. The Morgan fingerprint density at radius 1 is 1.33 bits per heavy atom. The van der Waals surface area contributed by atoms with Crippen molar-refractivity contribution < 1.29 is 22.7 Å². The normalized spacial score (nSPS) is 11.4. The molecule has 0 spiro atoms. The molecule has 21 heavy (non-hydrogen) atoms. The first kappa shape index (κ1) is 16.4. The van der Waals surface area contributed by atoms with Crippen LogP contribution in [0.3, 0.4) is 0 Å². The van der Waals surface area contributed by atoms with E-state index in [0.29, 0.717) is 4.60 Å². The largest absolute Gasteiger partial charge is 0.475 e. The first-order chi connectivity index (χ1) is 9.70. The van der Waals surface area contributed by atoms with Crippen LogP contribution < -0.4 is 4.72 Å². The number of carbonyl (C=O) groups is 1. The first-order valence-electron chi connectivity index (χ1n) is 4.94. The van der Waals surface area contributed by atoms with Crippen LogP contribution in [-0.4, -0.2) is 29.5 Å². The molecule has 112 valence electrons. The van der Waals surface area contributed by atoms with Gasteiger partial charge in [-0.15, -0.1) is 0 Å². The standard InChI is InChI=1S/C9H4Br3N3O5S/c10-5-2-13-8(6(11)14-5)15-21(18,19)4-1-3(9(16)17)20-7(4)12/h1-2H,(H,13,15)(H,16,17). The van der Waals surface area contributed by atoms with Crippen LogP contribution in [0.25, 0.3) is 0 Å². The van der Waals surface area contributed by atoms with Gasteiger partial charge < -0.3 is 9.52 Å². The van der Waals surface area contributed by atoms with Crippen molar-refractivity contribution in [1.29, 1.82) is 0 Å². The molecule has 0 fully saturated rings. The number of rotatable bonds is 4. The minimum Gasteiger partial charge on any atom is -0.475 e. The van der Waals surface area contributed by atoms with Gasteiger partial charge in [0.1, 0.15) is 9.50 Å². The predicted octanol–water partition coefficient (Wildman–Crippen LogP) is 2.86. The van der Waals surface area contributed by atoms with Crippen molar-refractivity contribution in [3.05, 3.63) is 31.9 Å². The highest BCUT2D eigenvalue weighted by Gasteiger charge is 2.26. The minimum atomic E-state index is -4.09. The molecule has 8 nitrogen and oxygen atoms in total. The summed E-state index contributed by atoms with van der Waals surface area (Å²) < 4.78 is 31.7. The van der Waals surface area contributed by atoms with E-state index in [0.717, 1.165) is 6.07 Å². The van der Waals surface area contributed by atoms with E-state index in [4.69, 9.17) is 9.52 Å². The highest BCUT2D eigenvalue weighted by molar-refractivity contribution is 9.11. The van der Waals surface area contributed by atoms with E-state index in [1.807, 2.05) is 0 Å². The number of nitrogens with one attached hydrogen (secondary N) is 1. The summed E-state index contributed by atoms with van der Waals surface area (Å²) in [6, 6.07) is 0.884. The number of aromatic carboxylic acids is 1. The summed E-state index contributed by atoms with van der Waals surface area (Å²) in [4.78, 5) is 18.2. The number of carboxylic acid groups (broad SMARTS) is 1. The van der Waals surface area contributed by atoms with E-state index in [9.17, 15) is 13.2 Å². The molecule has 2 N–H and O–H groups in total. The average molecular weight is 506 g/mol. The summed E-state index contributed by atoms with van der Waals surface area (Å²) in [6.45, 7) is 0. The van der Waals surface area contributed by atoms with E-state index < -0.39 is 21.8 Å². The third-order valence-corrected chi connectivity index (χ3v) is 5.22. The molecule has 0 saturated heterocycles. The fourth-order valence-corrected chi connectivity index (χ4v) is 4.24. The Balaban J connectivity index is 2.41. The number of carboxylic acids is 1. The van der Waals surface area contributed by atoms with Gasteiger partial charge in [0.15, 0.2) is 15.1 Å². The Labute approximate surface area is 143 Å². The Morgan fingerprint density at radius 2 is 2.00 bits per heavy atom. The van der Waals surface area contributed by atoms with Gasteiger partial charge in [0.05, 0.1) is 6.20 Å². The van der Waals surface area contributed by atoms with Gasteiger partial charge in [0, 0.05) is 6.07 Å². The van der Waals surface area contributed by atoms with E-state index >= 15 is 0 Å². The SMILES string of the molecule is O=C(O)c1cc(S(=O)(=O)Nc2ncc(Br)nc2Br)c(Br)o1. The van der Waals surface area contributed by atoms with Crippen molar-refractivity contribution in [2.45, 2.75) is 4.90 Å². The van der Waals surface area contributed by atoms with Gasteiger partial charge in [-0.1, -0.05) is 0 Å². The van der Waals surface area contributed by atoms with E-state index in [1.54, 1.807) is 0 Å². The van der Waals surface area contributed by atoms with Crippen LogP contribution in [0.2, 0.25) is 0 Å². The molecule has 0 aliphatic rings. The number of halogens is 3. The topological polar surface area (TPSA) is 122 Å². The van der Waals surface area contributed by atoms with Gasteiger partial charge in [-0.05, 0) is 47.8 Å². The van der Waals surface area contributed by atoms with Gasteiger partial charge in [0.25, 0.3) is 10.0 Å². The highest BCUT2D eigenvalue weighted by Crippen LogP contribution is 2.29. The van der Waals surface area contributed by atoms with Crippen LogP contribution in [0.5, 0.6) is 0 Å². The molecule has 0 aliphatic carbocycles. The van der Waals surface area contributed by atoms with Crippen LogP contribution in [0.1, 0.15) is 10.6 Å². The molecule has 0 saturated carbocycles. The lowest BCUT2D eigenvalue weighted by molar-refractivity contribution is 0.0661. The molecule has 0 unspecified atom stereocenters. The third-order valence-electron chi connectivity index (χ3n) is 2.09. The monoisotopic (exact) mass is 503 g/mol. The molecular weight excluding hydrogens is 502 g/mol. The zero-order chi connectivity index (χ0) is 15.8. The Morgan fingerprint density at radius 3 is 2.52 bits per heavy atom. The lowest BCUT2D eigenvalue weighted by Crippen LogP contribution is -2.14. The summed E-state index contributed by atoms with van der Waals surface area (Å²) in [5, 5.41) is 8.79. The van der Waals surface area contributed by atoms with Crippen molar-refractivity contribution in [2.75, 3.05) is 4.72 Å². The molecule has 0 aliphatic heterocycles. The summed E-state index contributed by atoms with van der Waals surface area (Å²) >= 11 is 9.00. The zero-order valence-electron chi connectivity index (χ0n) is 9.67. The van der Waals surface area contributed by atoms with Crippen molar-refractivity contribution >= 4 is 69.6 Å². The first-order valence-corrected chi connectivity index (χ1v) is 8.80. The Hall–Kier alpha value is -0.980. The molecule has 0 amide bonds. The lowest BCUT2D eigenvalue weighted by atomic mass is 10.5. The molecule has 0 atom stereocenters. The molecule has 2 aromatic heterocycles. The summed E-state index contributed by atoms with van der Waals surface area (Å²) in [5.41, 5.74) is 0. The average Bonchev–Trinajstić information content (AvgIpc) is 2.76. The van der Waals surface area contributed by atoms with Crippen LogP contribution in [0.15, 0.2) is 35.5 Å². The van der Waals surface area contributed by atoms with Crippen molar-refractivity contribution in [3.63, 3.8) is 0 Å². The number of hydrogen-bond donors (Lipinski definition) is 2. The summed E-state index contributed by atoms with van der Waals surface area (Å²) in [6.07, 6.45) is 1.30. The number of furan rings is 1. The van der Waals surface area contributed by atoms with Gasteiger partial charge in [0.2, 0.25) is 5.76 Å². The van der Waals surface area contributed by atoms with Gasteiger partial charge in [-0.3, -0.25) is 4.72 Å². The van der Waals surface area contributed by atoms with Crippen LogP contribution >= 0.6 is 47.8 Å². The number of anilines is 1. The lowest BCUT2D eigenvalue weighted by Gasteiger charge is -2.06. The smallest absolute Gasteiger partial charge is 0.371 e. The number of sulfonamides is 1. The number of aromatic nitrogens is 2. The molecule has 0 radical (unpaired) electrons. The maximum atomic E-state index is 12.2. The van der Waals surface area contributed by atoms with Gasteiger partial charge in [-0.25, -0.2) is 23.2 Å². The Bertz CT molecular complexity index is 820. The van der Waals surface area contributed by atoms with E-state index in [2.05, 4.69) is 62.5 Å². The Kier molecular flexibility index (Phi) is 4.70. The molecule has 0 aromatic carbocycles. The van der Waals surface area contributed by atoms with Gasteiger partial charge in [-0.2, -0.15) is 0 Å². The van der Waals surface area contributed by atoms with Gasteiger partial charge >= 0.3 is 5.97 Å². The summed E-state index contributed by atoms with van der Waals surface area (Å²) in [5.74, 6) is -1.95. The quantitative estimate of drug-likeness (QED) is 0.655. The maximum Gasteiger partial charge on any atom is 0.371 e. The van der Waals surface area contributed by atoms with E-state index in [-0.39, 0.29) is 20.0 Å². The second-order valence-corrected chi connectivity index (χ2v) is 7.43. The minimum absolute atomic E-state index is 0.0526. The number of nitrogens with zero attached hydrogens (tertiary/aromatic N) is 2. The molecule has 0 bridgehead atoms. The molecule has 2 rings (SSSR count). The molecule has 12 heteroatoms. The van der Waals surface area contributed by atoms with Crippen LogP contribution in [-0.2, 0) is 10.0 Å². The highest BCUT2D eigenvalue weighted by atomic mass is 79.9. The van der Waals surface area contributed by atoms with Crippen LogP contribution in [0, 0.1) is 0 Å². The maximum absolute atomic E-state index is 12.2. The second kappa shape index (κ2) is 6.02. The molecule has 2 aromatic rings. The molecule has 2 heterocycles. The predicted molar refractivity (Wildman–Crippen MR) is 81.6 cm³/mol. The van der Waals surface area contributed by atoms with E-state index in [1.165, 1.54) is 6.20 Å². The van der Waals surface area contributed by atoms with Crippen LogP contribution in [0.4, 0.5) is 5.82 Å². The number of hydrogen-bond acceptors (Lipinski definition) is 6. The molecular formula is C9H4Br3N3O5S. The van der Waals surface area contributed by atoms with Crippen molar-refractivity contribution in [1.82, 2.24) is 9.97 Å². The summed E-state index contributed by atoms with van der Waals surface area (Å²) in [7, 11) is -4.09. The zero-order valence-corrected chi connectivity index (χ0v) is 15.2. The van der Waals surface area contributed by atoms with Crippen molar-refractivity contribution in [3.8, 4) is 0 Å². The third kappa shape index (κ3) is 3.62. The van der Waals surface area contributed by atoms with Crippen molar-refractivity contribution in [2.24, 2.45) is 0 Å².